The van der Waals surface area contributed by atoms with Crippen molar-refractivity contribution < 1.29 is 36.2 Å². The van der Waals surface area contributed by atoms with Crippen LogP contribution in [0.15, 0.2) is 0 Å². The molecule has 0 aliphatic rings. The van der Waals surface area contributed by atoms with Gasteiger partial charge in [-0.05, 0) is 46.0 Å². The van der Waals surface area contributed by atoms with Crippen LogP contribution >= 0.6 is 0 Å². The standard InChI is InChI=1S/C26H41F5O3/c1-6-10-11-12-13-14-15-19(26(32-7-2,33-8-3)34-9-4)16-18(5)17-20-21(27)23(29)25(31)24(30)22(20)28/h18-19H,6-17H2,1-5H3. The van der Waals surface area contributed by atoms with Crippen molar-refractivity contribution in [3.63, 3.8) is 0 Å². The van der Waals surface area contributed by atoms with E-state index in [4.69, 9.17) is 14.2 Å². The van der Waals surface area contributed by atoms with Gasteiger partial charge in [0.15, 0.2) is 23.3 Å². The monoisotopic (exact) mass is 496 g/mol. The Morgan fingerprint density at radius 2 is 1.09 bits per heavy atom. The molecule has 0 heterocycles. The molecule has 0 aliphatic carbocycles. The molecule has 34 heavy (non-hydrogen) atoms. The largest absolute Gasteiger partial charge is 0.328 e. The molecule has 1 aromatic carbocycles. The zero-order valence-electron chi connectivity index (χ0n) is 21.3. The second kappa shape index (κ2) is 15.7. The van der Waals surface area contributed by atoms with E-state index in [1.165, 1.54) is 6.42 Å². The average Bonchev–Trinajstić information content (AvgIpc) is 2.81. The van der Waals surface area contributed by atoms with Gasteiger partial charge in [0.05, 0.1) is 0 Å². The van der Waals surface area contributed by atoms with Crippen molar-refractivity contribution >= 4 is 0 Å². The Balaban J connectivity index is 3.12. The van der Waals surface area contributed by atoms with Crippen LogP contribution in [0.5, 0.6) is 0 Å². The fourth-order valence-electron chi connectivity index (χ4n) is 4.44. The Morgan fingerprint density at radius 1 is 0.647 bits per heavy atom. The van der Waals surface area contributed by atoms with Crippen LogP contribution in [0.4, 0.5) is 22.0 Å². The predicted octanol–water partition coefficient (Wildman–Crippen LogP) is 8.08. The van der Waals surface area contributed by atoms with Crippen molar-refractivity contribution in [1.82, 2.24) is 0 Å². The molecule has 1 rings (SSSR count). The molecule has 2 atom stereocenters. The van der Waals surface area contributed by atoms with E-state index in [9.17, 15) is 22.0 Å². The van der Waals surface area contributed by atoms with Gasteiger partial charge in [-0.25, -0.2) is 22.0 Å². The summed E-state index contributed by atoms with van der Waals surface area (Å²) < 4.78 is 87.2. The van der Waals surface area contributed by atoms with Crippen LogP contribution in [-0.2, 0) is 20.6 Å². The minimum absolute atomic E-state index is 0.283. The molecule has 8 heteroatoms. The zero-order valence-corrected chi connectivity index (χ0v) is 21.3. The summed E-state index contributed by atoms with van der Waals surface area (Å²) in [6, 6.07) is 0. The van der Waals surface area contributed by atoms with Crippen molar-refractivity contribution in [2.45, 2.75) is 98.4 Å². The first-order valence-electron chi connectivity index (χ1n) is 12.6. The van der Waals surface area contributed by atoms with Gasteiger partial charge in [-0.3, -0.25) is 0 Å². The number of hydrogen-bond donors (Lipinski definition) is 0. The first-order chi connectivity index (χ1) is 16.2. The molecule has 0 saturated heterocycles. The first-order valence-corrected chi connectivity index (χ1v) is 12.6. The Hall–Kier alpha value is -1.25. The maximum absolute atomic E-state index is 14.3. The fourth-order valence-corrected chi connectivity index (χ4v) is 4.44. The van der Waals surface area contributed by atoms with Gasteiger partial charge >= 0.3 is 0 Å². The van der Waals surface area contributed by atoms with Gasteiger partial charge in [-0.15, -0.1) is 0 Å². The zero-order chi connectivity index (χ0) is 25.7. The Labute approximate surface area is 201 Å². The summed E-state index contributed by atoms with van der Waals surface area (Å²) in [5, 5.41) is 0. The Morgan fingerprint density at radius 3 is 1.56 bits per heavy atom. The summed E-state index contributed by atoms with van der Waals surface area (Å²) in [7, 11) is 0. The fraction of sp³-hybridized carbons (Fsp3) is 0.769. The highest BCUT2D eigenvalue weighted by Crippen LogP contribution is 2.37. The quantitative estimate of drug-likeness (QED) is 0.0676. The number of unbranched alkanes of at least 4 members (excludes halogenated alkanes) is 5. The summed E-state index contributed by atoms with van der Waals surface area (Å²) in [4.78, 5) is 0. The Bertz CT molecular complexity index is 683. The van der Waals surface area contributed by atoms with E-state index in [1.54, 1.807) is 6.92 Å². The van der Waals surface area contributed by atoms with Crippen LogP contribution in [0.1, 0.15) is 91.5 Å². The summed E-state index contributed by atoms with van der Waals surface area (Å²) in [5.74, 6) is -11.6. The number of ether oxygens (including phenoxy) is 3. The molecule has 0 amide bonds. The maximum atomic E-state index is 14.3. The highest BCUT2D eigenvalue weighted by molar-refractivity contribution is 5.24. The summed E-state index contributed by atoms with van der Waals surface area (Å²) in [5.41, 5.74) is -0.794. The second-order valence-corrected chi connectivity index (χ2v) is 8.75. The van der Waals surface area contributed by atoms with E-state index in [2.05, 4.69) is 6.92 Å². The van der Waals surface area contributed by atoms with Gasteiger partial charge in [-0.1, -0.05) is 52.4 Å². The third-order valence-electron chi connectivity index (χ3n) is 5.98. The van der Waals surface area contributed by atoms with Crippen LogP contribution in [0.2, 0.25) is 0 Å². The third kappa shape index (κ3) is 8.45. The first kappa shape index (κ1) is 30.8. The van der Waals surface area contributed by atoms with Gasteiger partial charge in [-0.2, -0.15) is 0 Å². The molecule has 0 aromatic heterocycles. The second-order valence-electron chi connectivity index (χ2n) is 8.75. The van der Waals surface area contributed by atoms with Crippen molar-refractivity contribution in [2.24, 2.45) is 11.8 Å². The van der Waals surface area contributed by atoms with Gasteiger partial charge < -0.3 is 14.2 Å². The summed E-state index contributed by atoms with van der Waals surface area (Å²) >= 11 is 0. The molecular formula is C26H41F5O3. The lowest BCUT2D eigenvalue weighted by molar-refractivity contribution is -0.404. The molecule has 0 radical (unpaired) electrons. The minimum Gasteiger partial charge on any atom is -0.328 e. The van der Waals surface area contributed by atoms with Crippen LogP contribution in [0.25, 0.3) is 0 Å². The van der Waals surface area contributed by atoms with Crippen LogP contribution in [-0.4, -0.2) is 25.8 Å². The van der Waals surface area contributed by atoms with Gasteiger partial charge in [0.1, 0.15) is 0 Å². The van der Waals surface area contributed by atoms with Gasteiger partial charge in [0.2, 0.25) is 5.82 Å². The minimum atomic E-state index is -2.14. The molecule has 0 saturated carbocycles. The average molecular weight is 497 g/mol. The van der Waals surface area contributed by atoms with E-state index in [0.717, 1.165) is 32.1 Å². The van der Waals surface area contributed by atoms with Crippen LogP contribution in [0.3, 0.4) is 0 Å². The van der Waals surface area contributed by atoms with E-state index < -0.39 is 46.5 Å². The molecule has 3 nitrogen and oxygen atoms in total. The molecule has 0 aliphatic heterocycles. The van der Waals surface area contributed by atoms with E-state index in [0.29, 0.717) is 32.7 Å². The number of hydrogen-bond acceptors (Lipinski definition) is 3. The molecule has 0 fully saturated rings. The molecule has 2 unspecified atom stereocenters. The molecule has 0 bridgehead atoms. The normalized spacial score (nSPS) is 13.9. The van der Waals surface area contributed by atoms with Gasteiger partial charge in [0, 0.05) is 31.3 Å². The topological polar surface area (TPSA) is 27.7 Å². The SMILES string of the molecule is CCCCCCCCC(CC(C)Cc1c(F)c(F)c(F)c(F)c1F)C(OCC)(OCC)OCC. The number of benzene rings is 1. The third-order valence-corrected chi connectivity index (χ3v) is 5.98. The maximum Gasteiger partial charge on any atom is 0.285 e. The van der Waals surface area contributed by atoms with Gasteiger partial charge in [0.25, 0.3) is 5.97 Å². The molecule has 0 N–H and O–H groups in total. The smallest absolute Gasteiger partial charge is 0.285 e. The van der Waals surface area contributed by atoms with Crippen molar-refractivity contribution in [3.05, 3.63) is 34.6 Å². The molecule has 198 valence electrons. The van der Waals surface area contributed by atoms with E-state index in [-0.39, 0.29) is 12.3 Å². The lowest BCUT2D eigenvalue weighted by Crippen LogP contribution is -2.47. The lowest BCUT2D eigenvalue weighted by atomic mass is 9.85. The summed E-state index contributed by atoms with van der Waals surface area (Å²) in [6.07, 6.45) is 7.25. The molecule has 1 aromatic rings. The lowest BCUT2D eigenvalue weighted by Gasteiger charge is -2.40. The van der Waals surface area contributed by atoms with Crippen molar-refractivity contribution in [3.8, 4) is 0 Å². The summed E-state index contributed by atoms with van der Waals surface area (Å²) in [6.45, 7) is 10.4. The van der Waals surface area contributed by atoms with E-state index >= 15 is 0 Å². The molecular weight excluding hydrogens is 455 g/mol. The predicted molar refractivity (Wildman–Crippen MR) is 123 cm³/mol. The van der Waals surface area contributed by atoms with Crippen molar-refractivity contribution in [2.75, 3.05) is 19.8 Å². The highest BCUT2D eigenvalue weighted by atomic mass is 19.2. The number of rotatable bonds is 18. The van der Waals surface area contributed by atoms with Crippen LogP contribution < -0.4 is 0 Å². The highest BCUT2D eigenvalue weighted by Gasteiger charge is 2.42. The van der Waals surface area contributed by atoms with Crippen LogP contribution in [0, 0.1) is 40.9 Å². The molecule has 0 spiro atoms. The van der Waals surface area contributed by atoms with Crippen molar-refractivity contribution in [1.29, 1.82) is 0 Å². The van der Waals surface area contributed by atoms with E-state index in [1.807, 2.05) is 20.8 Å². The Kier molecular flexibility index (Phi) is 14.2. The number of halogens is 5.